The van der Waals surface area contributed by atoms with Gasteiger partial charge in [-0.05, 0) is 38.0 Å². The Bertz CT molecular complexity index is 660. The molecule has 0 fully saturated rings. The van der Waals surface area contributed by atoms with Gasteiger partial charge in [0.05, 0.1) is 12.6 Å². The second-order valence-electron chi connectivity index (χ2n) is 5.19. The highest BCUT2D eigenvalue weighted by atomic mass is 127. The zero-order valence-electron chi connectivity index (χ0n) is 14.2. The molecule has 0 spiro atoms. The Balaban J connectivity index is 0.00000288. The highest BCUT2D eigenvalue weighted by molar-refractivity contribution is 14.0. The molecular formula is C17H24ClIN4S. The van der Waals surface area contributed by atoms with Gasteiger partial charge in [-0.1, -0.05) is 30.7 Å². The molecule has 0 saturated heterocycles. The number of halogens is 2. The number of thiazole rings is 1. The third kappa shape index (κ3) is 6.57. The number of guanidine groups is 1. The van der Waals surface area contributed by atoms with Gasteiger partial charge in [0.15, 0.2) is 5.96 Å². The van der Waals surface area contributed by atoms with E-state index in [4.69, 9.17) is 11.6 Å². The van der Waals surface area contributed by atoms with E-state index in [0.717, 1.165) is 34.5 Å². The highest BCUT2D eigenvalue weighted by Crippen LogP contribution is 2.17. The lowest BCUT2D eigenvalue weighted by molar-refractivity contribution is 0.686. The van der Waals surface area contributed by atoms with Crippen molar-refractivity contribution in [2.24, 2.45) is 4.99 Å². The lowest BCUT2D eigenvalue weighted by Crippen LogP contribution is -2.38. The number of aromatic nitrogens is 1. The number of aryl methyl sites for hydroxylation is 1. The van der Waals surface area contributed by atoms with E-state index in [0.29, 0.717) is 6.54 Å². The molecule has 2 rings (SSSR count). The predicted molar refractivity (Wildman–Crippen MR) is 115 cm³/mol. The molecule has 1 aromatic carbocycles. The maximum Gasteiger partial charge on any atom is 0.192 e. The second-order valence-corrected chi connectivity index (χ2v) is 6.83. The molecule has 24 heavy (non-hydrogen) atoms. The molecule has 0 radical (unpaired) electrons. The van der Waals surface area contributed by atoms with Crippen molar-refractivity contribution in [3.8, 4) is 0 Å². The van der Waals surface area contributed by atoms with Crippen LogP contribution < -0.4 is 10.6 Å². The molecule has 1 atom stereocenters. The first-order chi connectivity index (χ1) is 11.1. The lowest BCUT2D eigenvalue weighted by Gasteiger charge is -2.18. The molecule has 132 valence electrons. The minimum absolute atomic E-state index is 0. The summed E-state index contributed by atoms with van der Waals surface area (Å²) in [5, 5.41) is 8.46. The van der Waals surface area contributed by atoms with E-state index < -0.39 is 0 Å². The number of nitrogens with one attached hydrogen (secondary N) is 2. The van der Waals surface area contributed by atoms with Crippen molar-refractivity contribution in [3.63, 3.8) is 0 Å². The lowest BCUT2D eigenvalue weighted by atomic mass is 10.1. The Labute approximate surface area is 170 Å². The standard InChI is InChI=1S/C17H23ClN4S.HI/c1-4-15-10-20-16(23-15)11-21-17(19-5-2)22-12(3)13-7-6-8-14(18)9-13;/h6-10,12H,4-5,11H2,1-3H3,(H2,19,21,22);1H. The summed E-state index contributed by atoms with van der Waals surface area (Å²) in [6.07, 6.45) is 2.95. The molecule has 0 aliphatic carbocycles. The average molecular weight is 479 g/mol. The fourth-order valence-electron chi connectivity index (χ4n) is 2.12. The number of aliphatic imine (C=N–C) groups is 1. The van der Waals surface area contributed by atoms with Gasteiger partial charge in [-0.15, -0.1) is 35.3 Å². The van der Waals surface area contributed by atoms with E-state index in [2.05, 4.69) is 47.4 Å². The van der Waals surface area contributed by atoms with Gasteiger partial charge < -0.3 is 10.6 Å². The van der Waals surface area contributed by atoms with Gasteiger partial charge in [0.2, 0.25) is 0 Å². The van der Waals surface area contributed by atoms with E-state index in [1.54, 1.807) is 11.3 Å². The zero-order valence-corrected chi connectivity index (χ0v) is 18.1. The van der Waals surface area contributed by atoms with E-state index in [1.807, 2.05) is 24.4 Å². The van der Waals surface area contributed by atoms with Gasteiger partial charge in [-0.25, -0.2) is 9.98 Å². The number of hydrogen-bond donors (Lipinski definition) is 2. The molecule has 0 aliphatic rings. The Morgan fingerprint density at radius 1 is 1.38 bits per heavy atom. The largest absolute Gasteiger partial charge is 0.357 e. The summed E-state index contributed by atoms with van der Waals surface area (Å²) in [4.78, 5) is 10.3. The molecule has 0 amide bonds. The fourth-order valence-corrected chi connectivity index (χ4v) is 3.10. The fraction of sp³-hybridized carbons (Fsp3) is 0.412. The van der Waals surface area contributed by atoms with Gasteiger partial charge in [0.25, 0.3) is 0 Å². The minimum atomic E-state index is 0. The molecule has 0 saturated carbocycles. The van der Waals surface area contributed by atoms with Crippen LogP contribution in [0.4, 0.5) is 0 Å². The summed E-state index contributed by atoms with van der Waals surface area (Å²) in [6.45, 7) is 7.68. The third-order valence-electron chi connectivity index (χ3n) is 3.37. The molecule has 2 N–H and O–H groups in total. The van der Waals surface area contributed by atoms with Crippen molar-refractivity contribution in [2.45, 2.75) is 39.8 Å². The summed E-state index contributed by atoms with van der Waals surface area (Å²) < 4.78 is 0. The van der Waals surface area contributed by atoms with Gasteiger partial charge in [0.1, 0.15) is 5.01 Å². The zero-order chi connectivity index (χ0) is 16.7. The van der Waals surface area contributed by atoms with E-state index in [9.17, 15) is 0 Å². The summed E-state index contributed by atoms with van der Waals surface area (Å²) >= 11 is 7.78. The first-order valence-corrected chi connectivity index (χ1v) is 9.05. The third-order valence-corrected chi connectivity index (χ3v) is 4.73. The van der Waals surface area contributed by atoms with E-state index in [1.165, 1.54) is 4.88 Å². The Hall–Kier alpha value is -0.860. The summed E-state index contributed by atoms with van der Waals surface area (Å²) in [5.41, 5.74) is 1.13. The molecule has 1 heterocycles. The first-order valence-electron chi connectivity index (χ1n) is 7.86. The van der Waals surface area contributed by atoms with Crippen LogP contribution in [-0.4, -0.2) is 17.5 Å². The summed E-state index contributed by atoms with van der Waals surface area (Å²) in [7, 11) is 0. The van der Waals surface area contributed by atoms with Crippen LogP contribution in [0.2, 0.25) is 5.02 Å². The minimum Gasteiger partial charge on any atom is -0.357 e. The normalized spacial score (nSPS) is 12.4. The average Bonchev–Trinajstić information content (AvgIpc) is 3.01. The van der Waals surface area contributed by atoms with Crippen LogP contribution in [0.5, 0.6) is 0 Å². The Kier molecular flexibility index (Phi) is 9.61. The van der Waals surface area contributed by atoms with Crippen LogP contribution >= 0.6 is 46.9 Å². The number of benzene rings is 1. The van der Waals surface area contributed by atoms with Crippen molar-refractivity contribution in [1.82, 2.24) is 15.6 Å². The van der Waals surface area contributed by atoms with Crippen LogP contribution in [-0.2, 0) is 13.0 Å². The predicted octanol–water partition coefficient (Wildman–Crippen LogP) is 4.79. The van der Waals surface area contributed by atoms with Crippen LogP contribution in [0, 0.1) is 0 Å². The van der Waals surface area contributed by atoms with Crippen molar-refractivity contribution in [2.75, 3.05) is 6.54 Å². The second kappa shape index (κ2) is 10.9. The number of rotatable bonds is 6. The van der Waals surface area contributed by atoms with Crippen LogP contribution in [0.15, 0.2) is 35.5 Å². The first kappa shape index (κ1) is 21.2. The SMILES string of the molecule is CCNC(=NCc1ncc(CC)s1)NC(C)c1cccc(Cl)c1.I. The molecule has 0 aliphatic heterocycles. The van der Waals surface area contributed by atoms with Crippen LogP contribution in [0.25, 0.3) is 0 Å². The Morgan fingerprint density at radius 3 is 2.79 bits per heavy atom. The number of hydrogen-bond acceptors (Lipinski definition) is 3. The maximum absolute atomic E-state index is 6.06. The molecule has 4 nitrogen and oxygen atoms in total. The smallest absolute Gasteiger partial charge is 0.192 e. The van der Waals surface area contributed by atoms with Gasteiger partial charge in [-0.3, -0.25) is 0 Å². The van der Waals surface area contributed by atoms with Crippen LogP contribution in [0.3, 0.4) is 0 Å². The molecule has 0 bridgehead atoms. The van der Waals surface area contributed by atoms with Crippen molar-refractivity contribution < 1.29 is 0 Å². The van der Waals surface area contributed by atoms with E-state index in [-0.39, 0.29) is 30.0 Å². The highest BCUT2D eigenvalue weighted by Gasteiger charge is 2.08. The van der Waals surface area contributed by atoms with Gasteiger partial charge in [0, 0.05) is 22.6 Å². The van der Waals surface area contributed by atoms with E-state index >= 15 is 0 Å². The maximum atomic E-state index is 6.06. The number of nitrogens with zero attached hydrogens (tertiary/aromatic N) is 2. The Morgan fingerprint density at radius 2 is 2.17 bits per heavy atom. The molecule has 2 aromatic rings. The van der Waals surface area contributed by atoms with Gasteiger partial charge >= 0.3 is 0 Å². The van der Waals surface area contributed by atoms with Crippen molar-refractivity contribution >= 4 is 52.9 Å². The molecule has 1 unspecified atom stereocenters. The van der Waals surface area contributed by atoms with Crippen LogP contribution in [0.1, 0.15) is 42.3 Å². The van der Waals surface area contributed by atoms with Gasteiger partial charge in [-0.2, -0.15) is 0 Å². The summed E-state index contributed by atoms with van der Waals surface area (Å²) in [5.74, 6) is 0.785. The quantitative estimate of drug-likeness (QED) is 0.356. The van der Waals surface area contributed by atoms with Crippen molar-refractivity contribution in [3.05, 3.63) is 50.9 Å². The van der Waals surface area contributed by atoms with Crippen molar-refractivity contribution in [1.29, 1.82) is 0 Å². The molecular weight excluding hydrogens is 455 g/mol. The molecule has 7 heteroatoms. The monoisotopic (exact) mass is 478 g/mol. The summed E-state index contributed by atoms with van der Waals surface area (Å²) in [6, 6.07) is 7.99. The topological polar surface area (TPSA) is 49.3 Å². The molecule has 1 aromatic heterocycles.